The molecule has 1 aromatic heterocycles. The van der Waals surface area contributed by atoms with Crippen molar-refractivity contribution in [2.45, 2.75) is 20.3 Å². The second-order valence-corrected chi connectivity index (χ2v) is 5.68. The Bertz CT molecular complexity index is 792. The zero-order valence-corrected chi connectivity index (χ0v) is 16.0. The Hall–Kier alpha value is -3.23. The van der Waals surface area contributed by atoms with Crippen molar-refractivity contribution >= 4 is 23.3 Å². The van der Waals surface area contributed by atoms with Gasteiger partial charge in [0.25, 0.3) is 0 Å². The topological polar surface area (TPSA) is 103 Å². The van der Waals surface area contributed by atoms with Crippen LogP contribution in [0.2, 0.25) is 0 Å². The van der Waals surface area contributed by atoms with Gasteiger partial charge in [-0.1, -0.05) is 5.16 Å². The first kappa shape index (κ1) is 20.1. The molecular formula is C18H23N3O6. The Kier molecular flexibility index (Phi) is 6.64. The maximum Gasteiger partial charge on any atom is 0.226 e. The van der Waals surface area contributed by atoms with Gasteiger partial charge in [-0.05, 0) is 6.92 Å². The number of hydrogen-bond acceptors (Lipinski definition) is 7. The van der Waals surface area contributed by atoms with Gasteiger partial charge in [0.05, 0.1) is 21.3 Å². The number of anilines is 2. The lowest BCUT2D eigenvalue weighted by molar-refractivity contribution is -0.117. The lowest BCUT2D eigenvalue weighted by Gasteiger charge is -2.18. The van der Waals surface area contributed by atoms with Gasteiger partial charge in [0.2, 0.25) is 17.6 Å². The number of carbonyl (C=O) groups is 2. The molecule has 0 radical (unpaired) electrons. The van der Waals surface area contributed by atoms with Crippen LogP contribution >= 0.6 is 0 Å². The molecule has 0 fully saturated rings. The number of methoxy groups -OCH3 is 3. The summed E-state index contributed by atoms with van der Waals surface area (Å²) >= 11 is 0. The van der Waals surface area contributed by atoms with Crippen molar-refractivity contribution in [1.29, 1.82) is 0 Å². The smallest absolute Gasteiger partial charge is 0.226 e. The van der Waals surface area contributed by atoms with Crippen molar-refractivity contribution < 1.29 is 28.3 Å². The van der Waals surface area contributed by atoms with E-state index in [2.05, 4.69) is 10.5 Å². The molecule has 2 rings (SSSR count). The summed E-state index contributed by atoms with van der Waals surface area (Å²) in [6.07, 6.45) is 0.0716. The van der Waals surface area contributed by atoms with Gasteiger partial charge in [-0.25, -0.2) is 0 Å². The second kappa shape index (κ2) is 8.93. The molecule has 0 unspecified atom stereocenters. The quantitative estimate of drug-likeness (QED) is 0.753. The molecule has 0 aliphatic heterocycles. The van der Waals surface area contributed by atoms with Crippen molar-refractivity contribution in [2.24, 2.45) is 0 Å². The van der Waals surface area contributed by atoms with Crippen LogP contribution in [0.25, 0.3) is 0 Å². The zero-order chi connectivity index (χ0) is 20.0. The number of nitrogens with zero attached hydrogens (tertiary/aromatic N) is 2. The minimum atomic E-state index is -0.282. The van der Waals surface area contributed by atoms with E-state index in [0.717, 1.165) is 0 Å². The van der Waals surface area contributed by atoms with E-state index in [0.29, 0.717) is 34.5 Å². The number of nitrogens with one attached hydrogen (secondary N) is 1. The second-order valence-electron chi connectivity index (χ2n) is 5.68. The Morgan fingerprint density at radius 2 is 1.74 bits per heavy atom. The summed E-state index contributed by atoms with van der Waals surface area (Å²) in [6.45, 7) is 3.30. The van der Waals surface area contributed by atoms with Crippen LogP contribution in [0.5, 0.6) is 17.2 Å². The van der Waals surface area contributed by atoms with Crippen LogP contribution in [0.1, 0.15) is 19.1 Å². The van der Waals surface area contributed by atoms with Crippen LogP contribution in [0, 0.1) is 6.92 Å². The number of hydrogen-bond donors (Lipinski definition) is 1. The van der Waals surface area contributed by atoms with Crippen molar-refractivity contribution in [3.8, 4) is 17.2 Å². The first-order valence-corrected chi connectivity index (χ1v) is 8.20. The summed E-state index contributed by atoms with van der Waals surface area (Å²) in [5.41, 5.74) is 0.487. The number of aromatic nitrogens is 1. The van der Waals surface area contributed by atoms with Gasteiger partial charge in [-0.2, -0.15) is 0 Å². The number of aryl methyl sites for hydroxylation is 1. The number of amides is 2. The van der Waals surface area contributed by atoms with Crippen molar-refractivity contribution in [3.05, 3.63) is 24.0 Å². The van der Waals surface area contributed by atoms with Crippen molar-refractivity contribution in [3.63, 3.8) is 0 Å². The Labute approximate surface area is 157 Å². The molecule has 0 atom stereocenters. The molecule has 1 heterocycles. The Morgan fingerprint density at radius 3 is 2.19 bits per heavy atom. The van der Waals surface area contributed by atoms with Crippen LogP contribution in [-0.2, 0) is 9.59 Å². The van der Waals surface area contributed by atoms with Gasteiger partial charge in [0, 0.05) is 43.8 Å². The number of rotatable bonds is 8. The van der Waals surface area contributed by atoms with Gasteiger partial charge in [-0.15, -0.1) is 0 Å². The summed E-state index contributed by atoms with van der Waals surface area (Å²) in [5.74, 6) is 1.73. The summed E-state index contributed by atoms with van der Waals surface area (Å²) in [5, 5.41) is 6.57. The maximum atomic E-state index is 12.3. The SMILES string of the molecule is COc1cc(NC(=O)CCN(C(C)=O)c2cc(C)on2)cc(OC)c1OC. The first-order chi connectivity index (χ1) is 12.9. The summed E-state index contributed by atoms with van der Waals surface area (Å²) in [7, 11) is 4.49. The molecular weight excluding hydrogens is 354 g/mol. The molecule has 2 aromatic rings. The molecule has 0 aliphatic carbocycles. The number of benzene rings is 1. The predicted molar refractivity (Wildman–Crippen MR) is 98.6 cm³/mol. The molecule has 9 nitrogen and oxygen atoms in total. The van der Waals surface area contributed by atoms with Crippen LogP contribution in [-0.4, -0.2) is 44.8 Å². The first-order valence-electron chi connectivity index (χ1n) is 8.20. The average Bonchev–Trinajstić information content (AvgIpc) is 3.06. The Morgan fingerprint density at radius 1 is 1.11 bits per heavy atom. The average molecular weight is 377 g/mol. The molecule has 146 valence electrons. The van der Waals surface area contributed by atoms with Gasteiger partial charge in [0.15, 0.2) is 17.3 Å². The largest absolute Gasteiger partial charge is 0.493 e. The fourth-order valence-corrected chi connectivity index (χ4v) is 2.50. The number of carbonyl (C=O) groups excluding carboxylic acids is 2. The van der Waals surface area contributed by atoms with E-state index in [1.165, 1.54) is 33.2 Å². The lowest BCUT2D eigenvalue weighted by Crippen LogP contribution is -2.32. The Balaban J connectivity index is 2.07. The summed E-state index contributed by atoms with van der Waals surface area (Å²) < 4.78 is 20.8. The third kappa shape index (κ3) is 4.90. The molecule has 0 bridgehead atoms. The van der Waals surface area contributed by atoms with Crippen molar-refractivity contribution in [1.82, 2.24) is 5.16 Å². The fourth-order valence-electron chi connectivity index (χ4n) is 2.50. The summed E-state index contributed by atoms with van der Waals surface area (Å²) in [6, 6.07) is 4.89. The third-order valence-electron chi connectivity index (χ3n) is 3.78. The monoisotopic (exact) mass is 377 g/mol. The fraction of sp³-hybridized carbons (Fsp3) is 0.389. The van der Waals surface area contributed by atoms with Gasteiger partial charge >= 0.3 is 0 Å². The molecule has 27 heavy (non-hydrogen) atoms. The van der Waals surface area contributed by atoms with Crippen LogP contribution < -0.4 is 24.4 Å². The van der Waals surface area contributed by atoms with E-state index in [1.54, 1.807) is 25.1 Å². The van der Waals surface area contributed by atoms with E-state index < -0.39 is 0 Å². The minimum absolute atomic E-state index is 0.0716. The van der Waals surface area contributed by atoms with Crippen LogP contribution in [0.15, 0.2) is 22.7 Å². The third-order valence-corrected chi connectivity index (χ3v) is 3.78. The molecule has 0 spiro atoms. The van der Waals surface area contributed by atoms with E-state index >= 15 is 0 Å². The van der Waals surface area contributed by atoms with Crippen LogP contribution in [0.4, 0.5) is 11.5 Å². The van der Waals surface area contributed by atoms with Gasteiger partial charge in [0.1, 0.15) is 5.76 Å². The van der Waals surface area contributed by atoms with E-state index in [9.17, 15) is 9.59 Å². The van der Waals surface area contributed by atoms with Gasteiger partial charge < -0.3 is 24.1 Å². The van der Waals surface area contributed by atoms with E-state index in [-0.39, 0.29) is 24.8 Å². The lowest BCUT2D eigenvalue weighted by atomic mass is 10.2. The number of ether oxygens (including phenoxy) is 3. The summed E-state index contributed by atoms with van der Waals surface area (Å²) in [4.78, 5) is 25.5. The molecule has 0 aliphatic rings. The molecule has 2 amide bonds. The molecule has 0 saturated carbocycles. The zero-order valence-electron chi connectivity index (χ0n) is 16.0. The normalized spacial score (nSPS) is 10.3. The molecule has 0 saturated heterocycles. The minimum Gasteiger partial charge on any atom is -0.493 e. The highest BCUT2D eigenvalue weighted by Gasteiger charge is 2.18. The highest BCUT2D eigenvalue weighted by atomic mass is 16.5. The van der Waals surface area contributed by atoms with Gasteiger partial charge in [-0.3, -0.25) is 14.5 Å². The molecule has 9 heteroatoms. The highest BCUT2D eigenvalue weighted by Crippen LogP contribution is 2.39. The van der Waals surface area contributed by atoms with E-state index in [4.69, 9.17) is 18.7 Å². The highest BCUT2D eigenvalue weighted by molar-refractivity contribution is 5.94. The predicted octanol–water partition coefficient (Wildman–Crippen LogP) is 2.39. The van der Waals surface area contributed by atoms with Crippen LogP contribution in [0.3, 0.4) is 0 Å². The molecule has 1 N–H and O–H groups in total. The van der Waals surface area contributed by atoms with E-state index in [1.807, 2.05) is 0 Å². The van der Waals surface area contributed by atoms with Crippen molar-refractivity contribution in [2.75, 3.05) is 38.1 Å². The molecule has 1 aromatic carbocycles. The maximum absolute atomic E-state index is 12.3. The standard InChI is InChI=1S/C18H23N3O6/c1-11-8-16(20-27-11)21(12(2)22)7-6-17(23)19-13-9-14(24-3)18(26-5)15(10-13)25-4/h8-10H,6-7H2,1-5H3,(H,19,23).